The van der Waals surface area contributed by atoms with E-state index in [0.29, 0.717) is 12.3 Å². The normalized spacial score (nSPS) is 12.1. The van der Waals surface area contributed by atoms with Crippen LogP contribution in [0.15, 0.2) is 24.3 Å². The Morgan fingerprint density at radius 3 is 2.71 bits per heavy atom. The predicted octanol–water partition coefficient (Wildman–Crippen LogP) is 1.94. The summed E-state index contributed by atoms with van der Waals surface area (Å²) in [5, 5.41) is 0. The molecule has 0 radical (unpaired) electrons. The van der Waals surface area contributed by atoms with E-state index in [1.165, 1.54) is 0 Å². The average Bonchev–Trinajstić information content (AvgIpc) is 2.18. The monoisotopic (exact) mass is 193 g/mol. The molecular weight excluding hydrogens is 178 g/mol. The second kappa shape index (κ2) is 4.65. The molecule has 0 bridgehead atoms. The molecule has 3 nitrogen and oxygen atoms in total. The van der Waals surface area contributed by atoms with Crippen molar-refractivity contribution in [1.82, 2.24) is 0 Å². The van der Waals surface area contributed by atoms with E-state index in [1.807, 2.05) is 18.2 Å². The van der Waals surface area contributed by atoms with E-state index in [1.54, 1.807) is 19.9 Å². The molecule has 1 atom stereocenters. The van der Waals surface area contributed by atoms with Crippen molar-refractivity contribution in [3.8, 4) is 0 Å². The van der Waals surface area contributed by atoms with Gasteiger partial charge in [0, 0.05) is 5.69 Å². The topological polar surface area (TPSA) is 52.3 Å². The van der Waals surface area contributed by atoms with E-state index < -0.39 is 0 Å². The molecule has 0 fully saturated rings. The van der Waals surface area contributed by atoms with Gasteiger partial charge in [-0.3, -0.25) is 4.79 Å². The molecule has 3 heteroatoms. The summed E-state index contributed by atoms with van der Waals surface area (Å²) in [7, 11) is 0. The maximum Gasteiger partial charge on any atom is 0.313 e. The average molecular weight is 193 g/mol. The van der Waals surface area contributed by atoms with Gasteiger partial charge in [-0.05, 0) is 25.5 Å². The number of nitrogen functional groups attached to an aromatic ring is 1. The zero-order valence-corrected chi connectivity index (χ0v) is 8.49. The lowest BCUT2D eigenvalue weighted by Crippen LogP contribution is -2.14. The first kappa shape index (κ1) is 10.6. The summed E-state index contributed by atoms with van der Waals surface area (Å²) in [6, 6.07) is 7.33. The standard InChI is InChI=1S/C11H15NO2/c1-3-14-11(13)8(2)9-6-4-5-7-10(9)12/h4-8H,3,12H2,1-2H3. The van der Waals surface area contributed by atoms with E-state index in [0.717, 1.165) is 5.56 Å². The van der Waals surface area contributed by atoms with Crippen LogP contribution in [0.1, 0.15) is 25.3 Å². The number of carbonyl (C=O) groups is 1. The quantitative estimate of drug-likeness (QED) is 0.589. The number of rotatable bonds is 3. The molecule has 0 aliphatic heterocycles. The molecule has 2 N–H and O–H groups in total. The van der Waals surface area contributed by atoms with Crippen LogP contribution in [0.5, 0.6) is 0 Å². The van der Waals surface area contributed by atoms with Gasteiger partial charge >= 0.3 is 5.97 Å². The van der Waals surface area contributed by atoms with E-state index in [2.05, 4.69) is 0 Å². The molecule has 0 aliphatic rings. The number of para-hydroxylation sites is 1. The minimum atomic E-state index is -0.295. The maximum atomic E-state index is 11.4. The zero-order valence-electron chi connectivity index (χ0n) is 8.49. The highest BCUT2D eigenvalue weighted by molar-refractivity contribution is 5.79. The summed E-state index contributed by atoms with van der Waals surface area (Å²) in [6.07, 6.45) is 0. The first-order valence-electron chi connectivity index (χ1n) is 4.67. The summed E-state index contributed by atoms with van der Waals surface area (Å²) in [5.41, 5.74) is 7.21. The molecule has 0 aromatic heterocycles. The van der Waals surface area contributed by atoms with Gasteiger partial charge < -0.3 is 10.5 Å². The third-order valence-corrected chi connectivity index (χ3v) is 2.10. The number of nitrogens with two attached hydrogens (primary N) is 1. The Kier molecular flexibility index (Phi) is 3.51. The van der Waals surface area contributed by atoms with Crippen molar-refractivity contribution in [3.63, 3.8) is 0 Å². The number of benzene rings is 1. The van der Waals surface area contributed by atoms with Crippen molar-refractivity contribution in [2.45, 2.75) is 19.8 Å². The summed E-state index contributed by atoms with van der Waals surface area (Å²) in [6.45, 7) is 3.98. The van der Waals surface area contributed by atoms with Crippen LogP contribution < -0.4 is 5.73 Å². The lowest BCUT2D eigenvalue weighted by Gasteiger charge is -2.12. The highest BCUT2D eigenvalue weighted by Crippen LogP contribution is 2.22. The van der Waals surface area contributed by atoms with E-state index in [4.69, 9.17) is 10.5 Å². The third kappa shape index (κ3) is 2.25. The van der Waals surface area contributed by atoms with Gasteiger partial charge in [-0.2, -0.15) is 0 Å². The molecule has 1 aromatic rings. The minimum absolute atomic E-state index is 0.231. The summed E-state index contributed by atoms with van der Waals surface area (Å²) >= 11 is 0. The van der Waals surface area contributed by atoms with Crippen molar-refractivity contribution in [1.29, 1.82) is 0 Å². The van der Waals surface area contributed by atoms with Crippen LogP contribution in [0.4, 0.5) is 5.69 Å². The highest BCUT2D eigenvalue weighted by Gasteiger charge is 2.17. The second-order valence-electron chi connectivity index (χ2n) is 3.10. The Labute approximate surface area is 83.9 Å². The van der Waals surface area contributed by atoms with Gasteiger partial charge in [-0.15, -0.1) is 0 Å². The Morgan fingerprint density at radius 2 is 2.14 bits per heavy atom. The van der Waals surface area contributed by atoms with Crippen LogP contribution >= 0.6 is 0 Å². The van der Waals surface area contributed by atoms with Crippen LogP contribution in [-0.2, 0) is 9.53 Å². The molecule has 0 saturated carbocycles. The molecule has 1 unspecified atom stereocenters. The first-order valence-corrected chi connectivity index (χ1v) is 4.67. The minimum Gasteiger partial charge on any atom is -0.466 e. The molecule has 1 aromatic carbocycles. The number of esters is 1. The Hall–Kier alpha value is -1.51. The van der Waals surface area contributed by atoms with E-state index >= 15 is 0 Å². The lowest BCUT2D eigenvalue weighted by molar-refractivity contribution is -0.144. The SMILES string of the molecule is CCOC(=O)C(C)c1ccccc1N. The van der Waals surface area contributed by atoms with Gasteiger partial charge in [-0.1, -0.05) is 18.2 Å². The molecule has 14 heavy (non-hydrogen) atoms. The maximum absolute atomic E-state index is 11.4. The van der Waals surface area contributed by atoms with Crippen molar-refractivity contribution in [2.24, 2.45) is 0 Å². The van der Waals surface area contributed by atoms with Crippen molar-refractivity contribution in [3.05, 3.63) is 29.8 Å². The van der Waals surface area contributed by atoms with Crippen molar-refractivity contribution in [2.75, 3.05) is 12.3 Å². The molecule has 0 amide bonds. The lowest BCUT2D eigenvalue weighted by atomic mass is 10.00. The third-order valence-electron chi connectivity index (χ3n) is 2.10. The Bertz CT molecular complexity index is 323. The first-order chi connectivity index (χ1) is 6.66. The molecule has 0 spiro atoms. The van der Waals surface area contributed by atoms with Gasteiger partial charge in [0.2, 0.25) is 0 Å². The van der Waals surface area contributed by atoms with Gasteiger partial charge in [-0.25, -0.2) is 0 Å². The zero-order chi connectivity index (χ0) is 10.6. The molecule has 0 saturated heterocycles. The molecule has 0 aliphatic carbocycles. The molecular formula is C11H15NO2. The number of hydrogen-bond acceptors (Lipinski definition) is 3. The van der Waals surface area contributed by atoms with Gasteiger partial charge in [0.25, 0.3) is 0 Å². The van der Waals surface area contributed by atoms with Gasteiger partial charge in [0.15, 0.2) is 0 Å². The Morgan fingerprint density at radius 1 is 1.50 bits per heavy atom. The summed E-state index contributed by atoms with van der Waals surface area (Å²) in [4.78, 5) is 11.4. The van der Waals surface area contributed by atoms with Crippen LogP contribution in [0.25, 0.3) is 0 Å². The fraction of sp³-hybridized carbons (Fsp3) is 0.364. The number of carbonyl (C=O) groups excluding carboxylic acids is 1. The number of anilines is 1. The highest BCUT2D eigenvalue weighted by atomic mass is 16.5. The molecule has 76 valence electrons. The number of ether oxygens (including phenoxy) is 1. The predicted molar refractivity (Wildman–Crippen MR) is 55.9 cm³/mol. The second-order valence-corrected chi connectivity index (χ2v) is 3.10. The largest absolute Gasteiger partial charge is 0.466 e. The summed E-state index contributed by atoms with van der Waals surface area (Å²) in [5.74, 6) is -0.526. The van der Waals surface area contributed by atoms with Crippen molar-refractivity contribution < 1.29 is 9.53 Å². The fourth-order valence-corrected chi connectivity index (χ4v) is 1.30. The van der Waals surface area contributed by atoms with Crippen LogP contribution in [0.2, 0.25) is 0 Å². The van der Waals surface area contributed by atoms with Gasteiger partial charge in [0.05, 0.1) is 12.5 Å². The molecule has 1 rings (SSSR count). The van der Waals surface area contributed by atoms with E-state index in [-0.39, 0.29) is 11.9 Å². The van der Waals surface area contributed by atoms with Crippen LogP contribution in [0, 0.1) is 0 Å². The van der Waals surface area contributed by atoms with Crippen LogP contribution in [0.3, 0.4) is 0 Å². The van der Waals surface area contributed by atoms with E-state index in [9.17, 15) is 4.79 Å². The smallest absolute Gasteiger partial charge is 0.313 e. The van der Waals surface area contributed by atoms with Crippen molar-refractivity contribution >= 4 is 11.7 Å². The molecule has 0 heterocycles. The fourth-order valence-electron chi connectivity index (χ4n) is 1.30. The van der Waals surface area contributed by atoms with Gasteiger partial charge in [0.1, 0.15) is 0 Å². The summed E-state index contributed by atoms with van der Waals surface area (Å²) < 4.78 is 4.92. The van der Waals surface area contributed by atoms with Crippen LogP contribution in [-0.4, -0.2) is 12.6 Å². The number of hydrogen-bond donors (Lipinski definition) is 1. The Balaban J connectivity index is 2.84.